The summed E-state index contributed by atoms with van der Waals surface area (Å²) in [5.74, 6) is 2.68. The molecule has 0 radical (unpaired) electrons. The highest BCUT2D eigenvalue weighted by Gasteiger charge is 2.24. The first-order valence-corrected chi connectivity index (χ1v) is 9.04. The number of aryl methyl sites for hydroxylation is 1. The van der Waals surface area contributed by atoms with Crippen LogP contribution in [0, 0.1) is 6.92 Å². The quantitative estimate of drug-likeness (QED) is 0.885. The van der Waals surface area contributed by atoms with Gasteiger partial charge in [-0.05, 0) is 56.7 Å². The average molecular weight is 322 g/mol. The van der Waals surface area contributed by atoms with Crippen molar-refractivity contribution in [1.29, 1.82) is 0 Å². The molecular weight excluding hydrogens is 300 g/mol. The second-order valence-electron chi connectivity index (χ2n) is 6.05. The van der Waals surface area contributed by atoms with Crippen LogP contribution in [-0.2, 0) is 0 Å². The summed E-state index contributed by atoms with van der Waals surface area (Å²) in [6.45, 7) is 3.70. The van der Waals surface area contributed by atoms with Crippen LogP contribution < -0.4 is 16.3 Å². The summed E-state index contributed by atoms with van der Waals surface area (Å²) in [6.07, 6.45) is 2.90. The predicted octanol–water partition coefficient (Wildman–Crippen LogP) is 1.65. The first kappa shape index (κ1) is 15.6. The van der Waals surface area contributed by atoms with Gasteiger partial charge in [-0.3, -0.25) is 4.79 Å². The number of hydrogen-bond acceptors (Lipinski definition) is 5. The molecule has 1 aromatic heterocycles. The van der Waals surface area contributed by atoms with Crippen LogP contribution in [0.2, 0.25) is 0 Å². The van der Waals surface area contributed by atoms with E-state index in [0.29, 0.717) is 5.56 Å². The van der Waals surface area contributed by atoms with Crippen molar-refractivity contribution in [2.75, 3.05) is 24.6 Å². The molecule has 0 bridgehead atoms. The molecule has 120 valence electrons. The van der Waals surface area contributed by atoms with Crippen LogP contribution in [0.4, 0.5) is 0 Å². The van der Waals surface area contributed by atoms with Crippen LogP contribution in [0.5, 0.6) is 0 Å². The number of thioether (sulfide) groups is 1. The van der Waals surface area contributed by atoms with Crippen molar-refractivity contribution in [2.45, 2.75) is 38.1 Å². The van der Waals surface area contributed by atoms with E-state index in [-0.39, 0.29) is 23.4 Å². The lowest BCUT2D eigenvalue weighted by Crippen LogP contribution is -2.37. The summed E-state index contributed by atoms with van der Waals surface area (Å²) >= 11 is 1.83. The van der Waals surface area contributed by atoms with E-state index in [1.165, 1.54) is 0 Å². The Morgan fingerprint density at radius 3 is 2.77 bits per heavy atom. The summed E-state index contributed by atoms with van der Waals surface area (Å²) < 4.78 is 5.46. The summed E-state index contributed by atoms with van der Waals surface area (Å²) in [7, 11) is 0. The van der Waals surface area contributed by atoms with E-state index < -0.39 is 5.63 Å². The summed E-state index contributed by atoms with van der Waals surface area (Å²) in [5, 5.41) is 6.24. The molecular formula is C16H22N2O3S. The molecule has 2 N–H and O–H groups in total. The largest absolute Gasteiger partial charge is 0.427 e. The molecule has 2 aliphatic heterocycles. The van der Waals surface area contributed by atoms with Crippen molar-refractivity contribution in [3.05, 3.63) is 33.4 Å². The van der Waals surface area contributed by atoms with Gasteiger partial charge in [0.25, 0.3) is 5.91 Å². The van der Waals surface area contributed by atoms with Crippen molar-refractivity contribution in [1.82, 2.24) is 10.6 Å². The first-order chi connectivity index (χ1) is 10.6. The van der Waals surface area contributed by atoms with Crippen molar-refractivity contribution >= 4 is 17.7 Å². The minimum absolute atomic E-state index is 0.162. The molecule has 1 unspecified atom stereocenters. The number of nitrogens with one attached hydrogen (secondary N) is 2. The molecule has 1 aromatic rings. The standard InChI is InChI=1S/C16H22N2O3S/c1-10-8-13(11-2-5-17-6-3-11)21-16(20)14(10)15(19)18-12-4-7-22-9-12/h8,11-12,17H,2-7,9H2,1H3,(H,18,19). The highest BCUT2D eigenvalue weighted by molar-refractivity contribution is 7.99. The van der Waals surface area contributed by atoms with Crippen LogP contribution in [0.15, 0.2) is 15.3 Å². The molecule has 1 amide bonds. The van der Waals surface area contributed by atoms with E-state index in [9.17, 15) is 9.59 Å². The fourth-order valence-corrected chi connectivity index (χ4v) is 4.27. The molecule has 0 spiro atoms. The number of piperidine rings is 1. The Hall–Kier alpha value is -1.27. The highest BCUT2D eigenvalue weighted by atomic mass is 32.2. The third kappa shape index (κ3) is 3.38. The lowest BCUT2D eigenvalue weighted by atomic mass is 9.94. The monoisotopic (exact) mass is 322 g/mol. The molecule has 0 saturated carbocycles. The Morgan fingerprint density at radius 1 is 1.36 bits per heavy atom. The van der Waals surface area contributed by atoms with Crippen molar-refractivity contribution in [2.24, 2.45) is 0 Å². The SMILES string of the molecule is Cc1cc(C2CCNCC2)oc(=O)c1C(=O)NC1CCSC1. The highest BCUT2D eigenvalue weighted by Crippen LogP contribution is 2.25. The third-order valence-corrected chi connectivity index (χ3v) is 5.56. The van der Waals surface area contributed by atoms with Gasteiger partial charge in [-0.1, -0.05) is 0 Å². The molecule has 3 rings (SSSR count). The van der Waals surface area contributed by atoms with Crippen LogP contribution in [-0.4, -0.2) is 36.5 Å². The fraction of sp³-hybridized carbons (Fsp3) is 0.625. The number of amides is 1. The van der Waals surface area contributed by atoms with Crippen LogP contribution >= 0.6 is 11.8 Å². The van der Waals surface area contributed by atoms with Crippen LogP contribution in [0.3, 0.4) is 0 Å². The Kier molecular flexibility index (Phi) is 4.88. The van der Waals surface area contributed by atoms with Gasteiger partial charge in [0.05, 0.1) is 0 Å². The van der Waals surface area contributed by atoms with Gasteiger partial charge in [0.2, 0.25) is 0 Å². The van der Waals surface area contributed by atoms with E-state index >= 15 is 0 Å². The van der Waals surface area contributed by atoms with Gasteiger partial charge in [-0.15, -0.1) is 0 Å². The molecule has 0 aromatic carbocycles. The van der Waals surface area contributed by atoms with E-state index in [4.69, 9.17) is 4.42 Å². The number of hydrogen-bond donors (Lipinski definition) is 2. The van der Waals surface area contributed by atoms with Gasteiger partial charge in [0.1, 0.15) is 11.3 Å². The minimum atomic E-state index is -0.503. The van der Waals surface area contributed by atoms with Gasteiger partial charge in [-0.25, -0.2) is 4.79 Å². The van der Waals surface area contributed by atoms with Gasteiger partial charge < -0.3 is 15.1 Å². The predicted molar refractivity (Wildman–Crippen MR) is 87.8 cm³/mol. The number of carbonyl (C=O) groups is 1. The molecule has 6 heteroatoms. The van der Waals surface area contributed by atoms with Crippen molar-refractivity contribution in [3.8, 4) is 0 Å². The molecule has 22 heavy (non-hydrogen) atoms. The van der Waals surface area contributed by atoms with E-state index in [1.807, 2.05) is 24.8 Å². The Bertz CT molecular complexity index is 602. The zero-order valence-corrected chi connectivity index (χ0v) is 13.6. The molecule has 2 saturated heterocycles. The van der Waals surface area contributed by atoms with Crippen molar-refractivity contribution in [3.63, 3.8) is 0 Å². The maximum atomic E-state index is 12.3. The van der Waals surface area contributed by atoms with E-state index in [1.54, 1.807) is 0 Å². The average Bonchev–Trinajstić information content (AvgIpc) is 3.00. The molecule has 0 aliphatic carbocycles. The topological polar surface area (TPSA) is 71.3 Å². The molecule has 5 nitrogen and oxygen atoms in total. The van der Waals surface area contributed by atoms with E-state index in [2.05, 4.69) is 10.6 Å². The van der Waals surface area contributed by atoms with E-state index in [0.717, 1.165) is 49.6 Å². The molecule has 1 atom stereocenters. The number of rotatable bonds is 3. The smallest absolute Gasteiger partial charge is 0.349 e. The van der Waals surface area contributed by atoms with Crippen LogP contribution in [0.25, 0.3) is 0 Å². The van der Waals surface area contributed by atoms with Crippen molar-refractivity contribution < 1.29 is 9.21 Å². The van der Waals surface area contributed by atoms with Crippen LogP contribution in [0.1, 0.15) is 46.9 Å². The Morgan fingerprint density at radius 2 is 2.14 bits per heavy atom. The third-order valence-electron chi connectivity index (χ3n) is 4.40. The second-order valence-corrected chi connectivity index (χ2v) is 7.20. The first-order valence-electron chi connectivity index (χ1n) is 7.89. The summed E-state index contributed by atoms with van der Waals surface area (Å²) in [6, 6.07) is 2.04. The maximum absolute atomic E-state index is 12.3. The number of carbonyl (C=O) groups excluding carboxylic acids is 1. The lowest BCUT2D eigenvalue weighted by molar-refractivity contribution is 0.0935. The summed E-state index contributed by atoms with van der Waals surface area (Å²) in [5.41, 5.74) is 0.374. The lowest BCUT2D eigenvalue weighted by Gasteiger charge is -2.22. The minimum Gasteiger partial charge on any atom is -0.427 e. The zero-order valence-electron chi connectivity index (χ0n) is 12.8. The maximum Gasteiger partial charge on any atom is 0.349 e. The van der Waals surface area contributed by atoms with Gasteiger partial charge in [0.15, 0.2) is 0 Å². The molecule has 3 heterocycles. The van der Waals surface area contributed by atoms with Gasteiger partial charge in [-0.2, -0.15) is 11.8 Å². The second kappa shape index (κ2) is 6.87. The Balaban J connectivity index is 1.79. The fourth-order valence-electron chi connectivity index (χ4n) is 3.12. The molecule has 2 fully saturated rings. The normalized spacial score (nSPS) is 22.7. The van der Waals surface area contributed by atoms with Gasteiger partial charge >= 0.3 is 5.63 Å². The van der Waals surface area contributed by atoms with Gasteiger partial charge in [0, 0.05) is 17.7 Å². The zero-order chi connectivity index (χ0) is 15.5. The Labute approximate surface area is 134 Å². The summed E-state index contributed by atoms with van der Waals surface area (Å²) in [4.78, 5) is 24.6. The molecule has 2 aliphatic rings.